The number of carboxylic acids is 1. The number of fused-ring (bicyclic) bond motifs is 5. The number of aliphatic carboxylic acids is 1. The zero-order valence-corrected chi connectivity index (χ0v) is 21.1. The van der Waals surface area contributed by atoms with Crippen molar-refractivity contribution >= 4 is 11.9 Å². The Balaban J connectivity index is 1.37. The highest BCUT2D eigenvalue weighted by atomic mass is 16.4. The zero-order valence-electron chi connectivity index (χ0n) is 21.1. The van der Waals surface area contributed by atoms with Gasteiger partial charge in [-0.1, -0.05) is 27.7 Å². The second-order valence-corrected chi connectivity index (χ2v) is 12.6. The van der Waals surface area contributed by atoms with Crippen LogP contribution in [0.4, 0.5) is 0 Å². The molecule has 0 bridgehead atoms. The van der Waals surface area contributed by atoms with Gasteiger partial charge in [0, 0.05) is 6.42 Å². The van der Waals surface area contributed by atoms with Gasteiger partial charge >= 0.3 is 5.97 Å². The van der Waals surface area contributed by atoms with Crippen LogP contribution in [0, 0.1) is 46.3 Å². The summed E-state index contributed by atoms with van der Waals surface area (Å²) < 4.78 is 0. The summed E-state index contributed by atoms with van der Waals surface area (Å²) in [6.07, 6.45) is 9.12. The van der Waals surface area contributed by atoms with E-state index in [2.05, 4.69) is 24.5 Å². The van der Waals surface area contributed by atoms with Gasteiger partial charge in [0.2, 0.25) is 5.91 Å². The molecule has 33 heavy (non-hydrogen) atoms. The number of aliphatic hydroxyl groups is 1. The van der Waals surface area contributed by atoms with E-state index in [1.165, 1.54) is 32.1 Å². The molecule has 0 radical (unpaired) electrons. The zero-order chi connectivity index (χ0) is 24.0. The van der Waals surface area contributed by atoms with Crippen LogP contribution in [0.15, 0.2) is 0 Å². The number of piperidine rings is 1. The van der Waals surface area contributed by atoms with E-state index in [1.54, 1.807) is 0 Å². The van der Waals surface area contributed by atoms with Crippen LogP contribution in [0.25, 0.3) is 0 Å². The molecule has 3 saturated carbocycles. The van der Waals surface area contributed by atoms with Gasteiger partial charge in [-0.15, -0.1) is 0 Å². The fraction of sp³-hybridized carbons (Fsp3) is 0.926. The average molecular weight is 463 g/mol. The molecule has 9 unspecified atom stereocenters. The van der Waals surface area contributed by atoms with Gasteiger partial charge in [-0.05, 0) is 111 Å². The first-order valence-electron chi connectivity index (χ1n) is 13.5. The molecule has 1 saturated heterocycles. The maximum Gasteiger partial charge on any atom is 0.326 e. The number of carbonyl (C=O) groups excluding carboxylic acids is 1. The van der Waals surface area contributed by atoms with Crippen molar-refractivity contribution < 1.29 is 19.8 Å². The van der Waals surface area contributed by atoms with Gasteiger partial charge in [-0.3, -0.25) is 4.79 Å². The lowest BCUT2D eigenvalue weighted by Crippen LogP contribution is -2.60. The molecule has 4 rings (SSSR count). The summed E-state index contributed by atoms with van der Waals surface area (Å²) in [5.74, 6) is 1.63. The van der Waals surface area contributed by atoms with E-state index in [0.717, 1.165) is 32.4 Å². The minimum atomic E-state index is -0.961. The summed E-state index contributed by atoms with van der Waals surface area (Å²) >= 11 is 0. The summed E-state index contributed by atoms with van der Waals surface area (Å²) in [6.45, 7) is 10.8. The molecule has 1 aliphatic heterocycles. The Kier molecular flexibility index (Phi) is 7.18. The normalized spacial score (nSPS) is 43.3. The molecule has 0 aromatic rings. The van der Waals surface area contributed by atoms with E-state index in [9.17, 15) is 19.8 Å². The fourth-order valence-corrected chi connectivity index (χ4v) is 8.71. The highest BCUT2D eigenvalue weighted by Gasteiger charge is 2.61. The van der Waals surface area contributed by atoms with Crippen molar-refractivity contribution in [2.45, 2.75) is 97.6 Å². The standard InChI is InChI=1S/C27H46N2O4/c1-16(2)24(25(32)33)29-22(31)7-5-6-17-8-9-19-23-20(10-11-26(17,19)3)27(4)12-13-28-15-18(27)14-21(23)30/h16-21,23-24,28,30H,5-15H2,1-4H3,(H,29,31)(H,32,33). The molecule has 0 aromatic carbocycles. The number of nitrogens with one attached hydrogen (secondary N) is 2. The van der Waals surface area contributed by atoms with Crippen LogP contribution >= 0.6 is 0 Å². The summed E-state index contributed by atoms with van der Waals surface area (Å²) in [5, 5.41) is 26.9. The first-order chi connectivity index (χ1) is 15.6. The lowest BCUT2D eigenvalue weighted by molar-refractivity contribution is -0.159. The van der Waals surface area contributed by atoms with Crippen molar-refractivity contribution in [1.82, 2.24) is 10.6 Å². The Morgan fingerprint density at radius 1 is 1.09 bits per heavy atom. The number of amides is 1. The molecule has 1 amide bonds. The summed E-state index contributed by atoms with van der Waals surface area (Å²) in [4.78, 5) is 23.8. The monoisotopic (exact) mass is 462 g/mol. The van der Waals surface area contributed by atoms with E-state index < -0.39 is 12.0 Å². The highest BCUT2D eigenvalue weighted by molar-refractivity contribution is 5.83. The smallest absolute Gasteiger partial charge is 0.326 e. The van der Waals surface area contributed by atoms with Crippen molar-refractivity contribution in [3.8, 4) is 0 Å². The third-order valence-corrected chi connectivity index (χ3v) is 10.7. The van der Waals surface area contributed by atoms with Gasteiger partial charge in [0.25, 0.3) is 0 Å². The number of aliphatic hydroxyl groups excluding tert-OH is 1. The summed E-state index contributed by atoms with van der Waals surface area (Å²) in [7, 11) is 0. The molecule has 0 spiro atoms. The van der Waals surface area contributed by atoms with Crippen LogP contribution in [0.2, 0.25) is 0 Å². The first kappa shape index (κ1) is 25.0. The molecule has 9 atom stereocenters. The van der Waals surface area contributed by atoms with Crippen LogP contribution in [-0.2, 0) is 9.59 Å². The first-order valence-corrected chi connectivity index (χ1v) is 13.5. The molecule has 3 aliphatic carbocycles. The molecular formula is C27H46N2O4. The molecule has 4 N–H and O–H groups in total. The minimum Gasteiger partial charge on any atom is -0.480 e. The molecule has 6 nitrogen and oxygen atoms in total. The van der Waals surface area contributed by atoms with Crippen molar-refractivity contribution in [2.24, 2.45) is 46.3 Å². The lowest BCUT2D eigenvalue weighted by atomic mass is 9.45. The Bertz CT molecular complexity index is 742. The number of hydrogen-bond donors (Lipinski definition) is 4. The number of carboxylic acid groups (broad SMARTS) is 1. The quantitative estimate of drug-likeness (QED) is 0.461. The minimum absolute atomic E-state index is 0.126. The molecule has 4 aliphatic rings. The molecular weight excluding hydrogens is 416 g/mol. The van der Waals surface area contributed by atoms with Gasteiger partial charge in [-0.25, -0.2) is 4.79 Å². The molecule has 6 heteroatoms. The number of hydrogen-bond acceptors (Lipinski definition) is 4. The van der Waals surface area contributed by atoms with E-state index in [1.807, 2.05) is 13.8 Å². The number of rotatable bonds is 7. The van der Waals surface area contributed by atoms with Gasteiger partial charge in [0.15, 0.2) is 0 Å². The van der Waals surface area contributed by atoms with Crippen molar-refractivity contribution in [3.05, 3.63) is 0 Å². The third-order valence-electron chi connectivity index (χ3n) is 10.7. The van der Waals surface area contributed by atoms with Gasteiger partial charge < -0.3 is 20.8 Å². The SMILES string of the molecule is CC(C)C(NC(=O)CCCC1CCC2C3C(O)CC4CNCCC4(C)C3CCC12C)C(=O)O. The van der Waals surface area contributed by atoms with Crippen LogP contribution in [-0.4, -0.2) is 47.3 Å². The highest BCUT2D eigenvalue weighted by Crippen LogP contribution is 2.66. The predicted molar refractivity (Wildman–Crippen MR) is 128 cm³/mol. The topological polar surface area (TPSA) is 98.7 Å². The second kappa shape index (κ2) is 9.49. The Hall–Kier alpha value is -1.14. The summed E-state index contributed by atoms with van der Waals surface area (Å²) in [5.41, 5.74) is 0.625. The largest absolute Gasteiger partial charge is 0.480 e. The van der Waals surface area contributed by atoms with Crippen LogP contribution in [0.5, 0.6) is 0 Å². The van der Waals surface area contributed by atoms with E-state index in [0.29, 0.717) is 41.4 Å². The van der Waals surface area contributed by atoms with E-state index in [4.69, 9.17) is 0 Å². The Morgan fingerprint density at radius 2 is 1.82 bits per heavy atom. The van der Waals surface area contributed by atoms with Crippen molar-refractivity contribution in [3.63, 3.8) is 0 Å². The number of carbonyl (C=O) groups is 2. The molecule has 1 heterocycles. The third kappa shape index (κ3) is 4.47. The second-order valence-electron chi connectivity index (χ2n) is 12.6. The van der Waals surface area contributed by atoms with Crippen LogP contribution in [0.1, 0.15) is 85.5 Å². The van der Waals surface area contributed by atoms with E-state index in [-0.39, 0.29) is 23.3 Å². The molecule has 188 valence electrons. The van der Waals surface area contributed by atoms with Crippen molar-refractivity contribution in [2.75, 3.05) is 13.1 Å². The fourth-order valence-electron chi connectivity index (χ4n) is 8.71. The predicted octanol–water partition coefficient (Wildman–Crippen LogP) is 3.82. The maximum absolute atomic E-state index is 12.4. The Morgan fingerprint density at radius 3 is 2.52 bits per heavy atom. The average Bonchev–Trinajstić information content (AvgIpc) is 3.08. The summed E-state index contributed by atoms with van der Waals surface area (Å²) in [6, 6.07) is -0.811. The molecule has 4 fully saturated rings. The lowest BCUT2D eigenvalue weighted by Gasteiger charge is -2.62. The Labute approximate surface area is 199 Å². The van der Waals surface area contributed by atoms with Gasteiger partial charge in [0.1, 0.15) is 6.04 Å². The van der Waals surface area contributed by atoms with Gasteiger partial charge in [0.05, 0.1) is 6.10 Å². The molecule has 0 aromatic heterocycles. The van der Waals surface area contributed by atoms with Crippen LogP contribution < -0.4 is 10.6 Å². The van der Waals surface area contributed by atoms with Crippen molar-refractivity contribution in [1.29, 1.82) is 0 Å². The van der Waals surface area contributed by atoms with Crippen LogP contribution in [0.3, 0.4) is 0 Å². The van der Waals surface area contributed by atoms with Gasteiger partial charge in [-0.2, -0.15) is 0 Å². The maximum atomic E-state index is 12.4. The van der Waals surface area contributed by atoms with E-state index >= 15 is 0 Å².